The predicted octanol–water partition coefficient (Wildman–Crippen LogP) is 1.64. The highest BCUT2D eigenvalue weighted by molar-refractivity contribution is 4.79. The number of hydrogen-bond donors (Lipinski definition) is 0. The molecule has 0 saturated heterocycles. The second kappa shape index (κ2) is 3.08. The molecule has 1 fully saturated rings. The number of rotatable bonds is 4. The molecule has 0 unspecified atom stereocenters. The molecule has 1 aliphatic carbocycles. The SMILES string of the molecule is COC[CH]CC1CC1. The van der Waals surface area contributed by atoms with Gasteiger partial charge in [0.2, 0.25) is 0 Å². The van der Waals surface area contributed by atoms with E-state index in [1.807, 2.05) is 0 Å². The van der Waals surface area contributed by atoms with Gasteiger partial charge in [0.05, 0.1) is 0 Å². The molecule has 1 saturated carbocycles. The van der Waals surface area contributed by atoms with Crippen LogP contribution in [0.2, 0.25) is 0 Å². The third kappa shape index (κ3) is 2.31. The minimum absolute atomic E-state index is 0.830. The topological polar surface area (TPSA) is 9.23 Å². The van der Waals surface area contributed by atoms with Crippen molar-refractivity contribution < 1.29 is 4.74 Å². The number of hydrogen-bond acceptors (Lipinski definition) is 1. The Hall–Kier alpha value is -0.0400. The average Bonchev–Trinajstić information content (AvgIpc) is 2.51. The monoisotopic (exact) mass is 113 g/mol. The van der Waals surface area contributed by atoms with Crippen molar-refractivity contribution in [2.75, 3.05) is 13.7 Å². The molecule has 1 nitrogen and oxygen atoms in total. The molecule has 0 bridgehead atoms. The second-order valence-corrected chi connectivity index (χ2v) is 2.42. The summed E-state index contributed by atoms with van der Waals surface area (Å²) >= 11 is 0. The van der Waals surface area contributed by atoms with E-state index in [1.54, 1.807) is 7.11 Å². The molecule has 0 aliphatic heterocycles. The Kier molecular flexibility index (Phi) is 2.34. The molecule has 47 valence electrons. The molecule has 0 atom stereocenters. The van der Waals surface area contributed by atoms with Gasteiger partial charge in [-0.25, -0.2) is 0 Å². The second-order valence-electron chi connectivity index (χ2n) is 2.42. The zero-order chi connectivity index (χ0) is 5.82. The van der Waals surface area contributed by atoms with E-state index >= 15 is 0 Å². The van der Waals surface area contributed by atoms with Gasteiger partial charge in [-0.1, -0.05) is 12.8 Å². The van der Waals surface area contributed by atoms with Crippen LogP contribution < -0.4 is 0 Å². The van der Waals surface area contributed by atoms with Gasteiger partial charge in [0, 0.05) is 13.7 Å². The Labute approximate surface area is 51.0 Å². The van der Waals surface area contributed by atoms with Crippen LogP contribution in [0, 0.1) is 12.3 Å². The Bertz CT molecular complexity index is 57.4. The van der Waals surface area contributed by atoms with Crippen LogP contribution in [-0.2, 0) is 4.74 Å². The van der Waals surface area contributed by atoms with E-state index < -0.39 is 0 Å². The summed E-state index contributed by atoms with van der Waals surface area (Å²) in [5, 5.41) is 0. The van der Waals surface area contributed by atoms with Crippen LogP contribution in [0.5, 0.6) is 0 Å². The first-order valence-corrected chi connectivity index (χ1v) is 3.24. The first-order chi connectivity index (χ1) is 3.93. The lowest BCUT2D eigenvalue weighted by atomic mass is 10.2. The van der Waals surface area contributed by atoms with Crippen molar-refractivity contribution in [3.05, 3.63) is 6.42 Å². The van der Waals surface area contributed by atoms with Gasteiger partial charge in [0.25, 0.3) is 0 Å². The first kappa shape index (κ1) is 6.09. The predicted molar refractivity (Wildman–Crippen MR) is 33.5 cm³/mol. The third-order valence-corrected chi connectivity index (χ3v) is 1.48. The van der Waals surface area contributed by atoms with Crippen LogP contribution in [0.3, 0.4) is 0 Å². The van der Waals surface area contributed by atoms with Gasteiger partial charge in [-0.3, -0.25) is 0 Å². The van der Waals surface area contributed by atoms with Gasteiger partial charge in [0.15, 0.2) is 0 Å². The first-order valence-electron chi connectivity index (χ1n) is 3.24. The van der Waals surface area contributed by atoms with Gasteiger partial charge in [-0.2, -0.15) is 0 Å². The molecule has 0 aromatic heterocycles. The van der Waals surface area contributed by atoms with E-state index in [-0.39, 0.29) is 0 Å². The largest absolute Gasteiger partial charge is 0.384 e. The minimum Gasteiger partial charge on any atom is -0.384 e. The fourth-order valence-corrected chi connectivity index (χ4v) is 0.775. The number of methoxy groups -OCH3 is 1. The summed E-state index contributed by atoms with van der Waals surface area (Å²) < 4.78 is 4.86. The van der Waals surface area contributed by atoms with Gasteiger partial charge >= 0.3 is 0 Å². The molecule has 0 aromatic carbocycles. The van der Waals surface area contributed by atoms with E-state index in [0.29, 0.717) is 0 Å². The lowest BCUT2D eigenvalue weighted by Gasteiger charge is -1.93. The molecule has 0 N–H and O–H groups in total. The summed E-state index contributed by atoms with van der Waals surface area (Å²) in [6, 6.07) is 0. The maximum absolute atomic E-state index is 4.86. The van der Waals surface area contributed by atoms with Crippen molar-refractivity contribution >= 4 is 0 Å². The van der Waals surface area contributed by atoms with Crippen LogP contribution in [0.4, 0.5) is 0 Å². The summed E-state index contributed by atoms with van der Waals surface area (Å²) in [6.07, 6.45) is 6.38. The van der Waals surface area contributed by atoms with E-state index in [9.17, 15) is 0 Å². The lowest BCUT2D eigenvalue weighted by Crippen LogP contribution is -1.89. The van der Waals surface area contributed by atoms with Crippen LogP contribution >= 0.6 is 0 Å². The van der Waals surface area contributed by atoms with Crippen molar-refractivity contribution in [3.8, 4) is 0 Å². The van der Waals surface area contributed by atoms with E-state index in [2.05, 4.69) is 6.42 Å². The fraction of sp³-hybridized carbons (Fsp3) is 0.857. The van der Waals surface area contributed by atoms with Crippen molar-refractivity contribution in [1.29, 1.82) is 0 Å². The highest BCUT2D eigenvalue weighted by atomic mass is 16.5. The summed E-state index contributed by atoms with van der Waals surface area (Å²) in [5.74, 6) is 1.02. The Morgan fingerprint density at radius 3 is 2.88 bits per heavy atom. The van der Waals surface area contributed by atoms with E-state index in [1.165, 1.54) is 19.3 Å². The third-order valence-electron chi connectivity index (χ3n) is 1.48. The molecule has 8 heavy (non-hydrogen) atoms. The van der Waals surface area contributed by atoms with E-state index in [0.717, 1.165) is 12.5 Å². The normalized spacial score (nSPS) is 19.1. The van der Waals surface area contributed by atoms with Crippen LogP contribution in [-0.4, -0.2) is 13.7 Å². The molecule has 1 heteroatoms. The van der Waals surface area contributed by atoms with Gasteiger partial charge in [0.1, 0.15) is 0 Å². The summed E-state index contributed by atoms with van der Waals surface area (Å²) in [7, 11) is 1.74. The molecule has 1 rings (SSSR count). The quantitative estimate of drug-likeness (QED) is 0.503. The Morgan fingerprint density at radius 2 is 2.38 bits per heavy atom. The summed E-state index contributed by atoms with van der Waals surface area (Å²) in [4.78, 5) is 0. The Morgan fingerprint density at radius 1 is 1.62 bits per heavy atom. The fourth-order valence-electron chi connectivity index (χ4n) is 0.775. The zero-order valence-corrected chi connectivity index (χ0v) is 5.39. The van der Waals surface area contributed by atoms with E-state index in [4.69, 9.17) is 4.74 Å². The molecule has 1 aliphatic rings. The standard InChI is InChI=1S/C7H13O/c1-8-6-2-3-7-4-5-7/h2,7H,3-6H2,1H3. The molecule has 0 heterocycles. The van der Waals surface area contributed by atoms with Crippen LogP contribution in [0.1, 0.15) is 19.3 Å². The number of ether oxygens (including phenoxy) is 1. The zero-order valence-electron chi connectivity index (χ0n) is 5.39. The van der Waals surface area contributed by atoms with Crippen molar-refractivity contribution in [3.63, 3.8) is 0 Å². The molecular weight excluding hydrogens is 100 g/mol. The smallest absolute Gasteiger partial charge is 0.0494 e. The maximum Gasteiger partial charge on any atom is 0.0494 e. The van der Waals surface area contributed by atoms with Crippen LogP contribution in [0.15, 0.2) is 0 Å². The summed E-state index contributed by atoms with van der Waals surface area (Å²) in [6.45, 7) is 0.830. The van der Waals surface area contributed by atoms with Crippen LogP contribution in [0.25, 0.3) is 0 Å². The van der Waals surface area contributed by atoms with Crippen molar-refractivity contribution in [2.45, 2.75) is 19.3 Å². The molecule has 1 radical (unpaired) electrons. The van der Waals surface area contributed by atoms with Gasteiger partial charge in [-0.05, 0) is 18.8 Å². The summed E-state index contributed by atoms with van der Waals surface area (Å²) in [5.41, 5.74) is 0. The molecule has 0 spiro atoms. The van der Waals surface area contributed by atoms with Crippen molar-refractivity contribution in [1.82, 2.24) is 0 Å². The molecular formula is C7H13O. The molecule has 0 amide bonds. The maximum atomic E-state index is 4.86. The highest BCUT2D eigenvalue weighted by Gasteiger charge is 2.19. The van der Waals surface area contributed by atoms with Gasteiger partial charge in [-0.15, -0.1) is 0 Å². The van der Waals surface area contributed by atoms with Crippen molar-refractivity contribution in [2.24, 2.45) is 5.92 Å². The highest BCUT2D eigenvalue weighted by Crippen LogP contribution is 2.32. The lowest BCUT2D eigenvalue weighted by molar-refractivity contribution is 0.219. The van der Waals surface area contributed by atoms with Gasteiger partial charge < -0.3 is 4.74 Å². The molecule has 0 aromatic rings. The minimum atomic E-state index is 0.830. The Balaban J connectivity index is 1.74. The average molecular weight is 113 g/mol.